The van der Waals surface area contributed by atoms with Crippen molar-refractivity contribution >= 4 is 30.6 Å². The van der Waals surface area contributed by atoms with Crippen LogP contribution in [0.3, 0.4) is 0 Å². The quantitative estimate of drug-likeness (QED) is 0.755. The maximum absolute atomic E-state index is 11.3. The van der Waals surface area contributed by atoms with Gasteiger partial charge < -0.3 is 4.98 Å². The minimum atomic E-state index is -3.91. The van der Waals surface area contributed by atoms with Crippen LogP contribution in [-0.4, -0.2) is 18.4 Å². The molecule has 2 rings (SSSR count). The fraction of sp³-hybridized carbons (Fsp3) is 0. The number of H-pyrrole nitrogens is 1. The van der Waals surface area contributed by atoms with E-state index >= 15 is 0 Å². The normalized spacial score (nSPS) is 11.8. The van der Waals surface area contributed by atoms with E-state index in [2.05, 4.69) is 9.97 Å². The molecule has 5 nitrogen and oxygen atoms in total. The molecule has 0 atom stereocenters. The first-order chi connectivity index (χ1) is 7.00. The summed E-state index contributed by atoms with van der Waals surface area (Å²) in [5.74, 6) is 0. The second-order valence-electron chi connectivity index (χ2n) is 2.82. The molecule has 0 spiro atoms. The van der Waals surface area contributed by atoms with Crippen molar-refractivity contribution in [1.82, 2.24) is 9.97 Å². The third-order valence-electron chi connectivity index (χ3n) is 1.88. The van der Waals surface area contributed by atoms with Gasteiger partial charge in [-0.25, -0.2) is 8.42 Å². The van der Waals surface area contributed by atoms with Gasteiger partial charge >= 0.3 is 0 Å². The highest BCUT2D eigenvalue weighted by Crippen LogP contribution is 2.20. The fourth-order valence-electron chi connectivity index (χ4n) is 1.25. The second kappa shape index (κ2) is 3.32. The average molecular weight is 245 g/mol. The van der Waals surface area contributed by atoms with Crippen LogP contribution in [0.25, 0.3) is 10.9 Å². The van der Waals surface area contributed by atoms with Crippen molar-refractivity contribution in [3.05, 3.63) is 34.9 Å². The molecule has 7 heteroatoms. The summed E-state index contributed by atoms with van der Waals surface area (Å²) in [5.41, 5.74) is -0.321. The van der Waals surface area contributed by atoms with E-state index in [1.54, 1.807) is 6.07 Å². The van der Waals surface area contributed by atoms with Gasteiger partial charge in [0.2, 0.25) is 0 Å². The molecule has 0 amide bonds. The van der Waals surface area contributed by atoms with Gasteiger partial charge in [-0.2, -0.15) is 0 Å². The topological polar surface area (TPSA) is 79.9 Å². The third-order valence-corrected chi connectivity index (χ3v) is 3.22. The zero-order chi connectivity index (χ0) is 11.1. The molecule has 78 valence electrons. The second-order valence-corrected chi connectivity index (χ2v) is 5.35. The Hall–Kier alpha value is -1.40. The number of hydrogen-bond acceptors (Lipinski definition) is 4. The Balaban J connectivity index is 3.03. The predicted octanol–water partition coefficient (Wildman–Crippen LogP) is 0.851. The molecular formula is C8H5ClN2O3S. The van der Waals surface area contributed by atoms with Crippen LogP contribution in [0.1, 0.15) is 0 Å². The molecule has 0 radical (unpaired) electrons. The number of aromatic nitrogens is 2. The molecule has 2 heterocycles. The van der Waals surface area contributed by atoms with Crippen molar-refractivity contribution in [3.63, 3.8) is 0 Å². The Kier molecular flexibility index (Phi) is 2.24. The van der Waals surface area contributed by atoms with E-state index in [9.17, 15) is 13.2 Å². The molecule has 0 bridgehead atoms. The zero-order valence-corrected chi connectivity index (χ0v) is 8.84. The van der Waals surface area contributed by atoms with Crippen LogP contribution in [0.5, 0.6) is 0 Å². The Morgan fingerprint density at radius 1 is 1.40 bits per heavy atom. The fourth-order valence-corrected chi connectivity index (χ4v) is 2.19. The molecule has 0 unspecified atom stereocenters. The van der Waals surface area contributed by atoms with E-state index in [0.29, 0.717) is 0 Å². The first-order valence-electron chi connectivity index (χ1n) is 3.91. The summed E-state index contributed by atoms with van der Waals surface area (Å²) in [5, 5.41) is 0.194. The van der Waals surface area contributed by atoms with Gasteiger partial charge in [-0.1, -0.05) is 0 Å². The zero-order valence-electron chi connectivity index (χ0n) is 7.27. The largest absolute Gasteiger partial charge is 0.327 e. The lowest BCUT2D eigenvalue weighted by molar-refractivity contribution is 0.610. The van der Waals surface area contributed by atoms with Crippen LogP contribution in [-0.2, 0) is 9.05 Å². The van der Waals surface area contributed by atoms with Gasteiger partial charge in [-0.15, -0.1) is 0 Å². The standard InChI is InChI=1S/C8H5ClN2O3S/c9-15(13,14)6-4-11-8(12)5-2-1-3-10-7(5)6/h1-4H,(H,11,12). The van der Waals surface area contributed by atoms with Gasteiger partial charge in [0.05, 0.1) is 10.9 Å². The van der Waals surface area contributed by atoms with Crippen LogP contribution in [0.4, 0.5) is 0 Å². The molecule has 0 aliphatic heterocycles. The lowest BCUT2D eigenvalue weighted by Gasteiger charge is -2.00. The Labute approximate surface area is 89.1 Å². The van der Waals surface area contributed by atoms with E-state index < -0.39 is 14.6 Å². The summed E-state index contributed by atoms with van der Waals surface area (Å²) in [6.45, 7) is 0. The monoisotopic (exact) mass is 244 g/mol. The molecular weight excluding hydrogens is 240 g/mol. The van der Waals surface area contributed by atoms with Gasteiger partial charge in [-0.3, -0.25) is 9.78 Å². The van der Waals surface area contributed by atoms with Crippen molar-refractivity contribution < 1.29 is 8.42 Å². The van der Waals surface area contributed by atoms with Crippen LogP contribution in [0.15, 0.2) is 34.2 Å². The number of pyridine rings is 2. The predicted molar refractivity (Wildman–Crippen MR) is 55.4 cm³/mol. The summed E-state index contributed by atoms with van der Waals surface area (Å²) < 4.78 is 22.3. The van der Waals surface area contributed by atoms with E-state index in [-0.39, 0.29) is 15.8 Å². The van der Waals surface area contributed by atoms with Crippen LogP contribution in [0, 0.1) is 0 Å². The van der Waals surface area contributed by atoms with Gasteiger partial charge in [-0.05, 0) is 12.1 Å². The third kappa shape index (κ3) is 1.73. The molecule has 1 N–H and O–H groups in total. The molecule has 15 heavy (non-hydrogen) atoms. The summed E-state index contributed by atoms with van der Waals surface area (Å²) in [4.78, 5) is 17.2. The number of nitrogens with zero attached hydrogens (tertiary/aromatic N) is 1. The Morgan fingerprint density at radius 2 is 2.13 bits per heavy atom. The lowest BCUT2D eigenvalue weighted by atomic mass is 10.3. The summed E-state index contributed by atoms with van der Waals surface area (Å²) in [6, 6.07) is 3.02. The Bertz CT molecular complexity index is 678. The molecule has 0 saturated heterocycles. The SMILES string of the molecule is O=c1[nH]cc(S(=O)(=O)Cl)c2ncccc12. The van der Waals surface area contributed by atoms with E-state index in [1.807, 2.05) is 0 Å². The number of hydrogen-bond donors (Lipinski definition) is 1. The van der Waals surface area contributed by atoms with Crippen molar-refractivity contribution in [2.75, 3.05) is 0 Å². The van der Waals surface area contributed by atoms with Gasteiger partial charge in [0, 0.05) is 23.1 Å². The molecule has 0 aliphatic rings. The molecule has 0 aliphatic carbocycles. The highest BCUT2D eigenvalue weighted by Gasteiger charge is 2.16. The van der Waals surface area contributed by atoms with E-state index in [1.165, 1.54) is 12.3 Å². The highest BCUT2D eigenvalue weighted by molar-refractivity contribution is 8.13. The maximum Gasteiger partial charge on any atom is 0.264 e. The summed E-state index contributed by atoms with van der Waals surface area (Å²) in [7, 11) is 1.29. The average Bonchev–Trinajstić information content (AvgIpc) is 2.17. The summed E-state index contributed by atoms with van der Waals surface area (Å²) >= 11 is 0. The summed E-state index contributed by atoms with van der Waals surface area (Å²) in [6.07, 6.45) is 2.44. The smallest absolute Gasteiger partial charge is 0.264 e. The maximum atomic E-state index is 11.3. The van der Waals surface area contributed by atoms with Crippen LogP contribution < -0.4 is 5.56 Å². The number of halogens is 1. The highest BCUT2D eigenvalue weighted by atomic mass is 35.7. The number of nitrogens with one attached hydrogen (secondary N) is 1. The minimum absolute atomic E-state index is 0.0799. The van der Waals surface area contributed by atoms with E-state index in [0.717, 1.165) is 6.20 Å². The van der Waals surface area contributed by atoms with E-state index in [4.69, 9.17) is 10.7 Å². The van der Waals surface area contributed by atoms with Crippen molar-refractivity contribution in [2.45, 2.75) is 4.90 Å². The Morgan fingerprint density at radius 3 is 2.80 bits per heavy atom. The van der Waals surface area contributed by atoms with Crippen molar-refractivity contribution in [1.29, 1.82) is 0 Å². The van der Waals surface area contributed by atoms with Gasteiger partial charge in [0.15, 0.2) is 0 Å². The lowest BCUT2D eigenvalue weighted by Crippen LogP contribution is -2.09. The molecule has 0 fully saturated rings. The van der Waals surface area contributed by atoms with Gasteiger partial charge in [0.1, 0.15) is 4.90 Å². The molecule has 0 saturated carbocycles. The van der Waals surface area contributed by atoms with Crippen molar-refractivity contribution in [3.8, 4) is 0 Å². The molecule has 2 aromatic heterocycles. The van der Waals surface area contributed by atoms with Crippen molar-refractivity contribution in [2.24, 2.45) is 0 Å². The first kappa shape index (κ1) is 10.1. The molecule has 0 aromatic carbocycles. The van der Waals surface area contributed by atoms with Gasteiger partial charge in [0.25, 0.3) is 14.6 Å². The van der Waals surface area contributed by atoms with Crippen LogP contribution in [0.2, 0.25) is 0 Å². The first-order valence-corrected chi connectivity index (χ1v) is 6.22. The van der Waals surface area contributed by atoms with Crippen LogP contribution >= 0.6 is 10.7 Å². The number of aromatic amines is 1. The number of rotatable bonds is 1. The number of fused-ring (bicyclic) bond motifs is 1. The molecule has 2 aromatic rings. The minimum Gasteiger partial charge on any atom is -0.327 e.